The van der Waals surface area contributed by atoms with Gasteiger partial charge in [-0.2, -0.15) is 4.98 Å². The lowest BCUT2D eigenvalue weighted by Gasteiger charge is -2.39. The van der Waals surface area contributed by atoms with Gasteiger partial charge in [0.1, 0.15) is 48.5 Å². The topological polar surface area (TPSA) is 204 Å². The molecule has 2 aliphatic heterocycles. The maximum Gasteiger partial charge on any atom is 0.352 e. The lowest BCUT2D eigenvalue weighted by atomic mass is 9.92. The summed E-state index contributed by atoms with van der Waals surface area (Å²) in [4.78, 5) is 29.2. The van der Waals surface area contributed by atoms with Crippen LogP contribution >= 0.6 is 0 Å². The number of anilines is 1. The van der Waals surface area contributed by atoms with Crippen LogP contribution in [-0.4, -0.2) is 102 Å². The molecule has 1 aromatic carbocycles. The first-order valence-electron chi connectivity index (χ1n) is 10.5. The summed E-state index contributed by atoms with van der Waals surface area (Å²) >= 11 is 0. The van der Waals surface area contributed by atoms with Crippen molar-refractivity contribution in [1.82, 2.24) is 9.55 Å². The molecule has 2 fully saturated rings. The smallest absolute Gasteiger partial charge is 0.352 e. The molecule has 2 aromatic rings. The second-order valence-electron chi connectivity index (χ2n) is 8.07. The third-order valence-corrected chi connectivity index (χ3v) is 6.06. The van der Waals surface area contributed by atoms with Crippen LogP contribution < -0.4 is 11.0 Å². The fraction of sp³-hybridized carbons (Fsp3) is 0.476. The summed E-state index contributed by atoms with van der Waals surface area (Å²) < 4.78 is 11.9. The van der Waals surface area contributed by atoms with Crippen molar-refractivity contribution in [3.8, 4) is 0 Å². The van der Waals surface area contributed by atoms with Crippen molar-refractivity contribution < 1.29 is 44.9 Å². The molecule has 34 heavy (non-hydrogen) atoms. The van der Waals surface area contributed by atoms with Crippen molar-refractivity contribution in [3.05, 3.63) is 58.6 Å². The second-order valence-corrected chi connectivity index (χ2v) is 8.07. The molecule has 0 aliphatic carbocycles. The minimum atomic E-state index is -2.33. The molecule has 0 saturated carbocycles. The van der Waals surface area contributed by atoms with E-state index in [-0.39, 0.29) is 5.82 Å². The van der Waals surface area contributed by atoms with Crippen molar-refractivity contribution in [2.24, 2.45) is 0 Å². The third-order valence-electron chi connectivity index (χ3n) is 6.06. The van der Waals surface area contributed by atoms with Crippen molar-refractivity contribution in [1.29, 1.82) is 0 Å². The van der Waals surface area contributed by atoms with Gasteiger partial charge < -0.3 is 45.4 Å². The van der Waals surface area contributed by atoms with Crippen LogP contribution in [0.2, 0.25) is 0 Å². The first-order chi connectivity index (χ1) is 16.2. The average molecular weight is 479 g/mol. The van der Waals surface area contributed by atoms with Crippen LogP contribution in [0.1, 0.15) is 10.4 Å². The Balaban J connectivity index is 1.73. The molecule has 1 amide bonds. The minimum absolute atomic E-state index is 0.127. The molecule has 13 heteroatoms. The Kier molecular flexibility index (Phi) is 6.80. The van der Waals surface area contributed by atoms with E-state index in [0.717, 1.165) is 10.8 Å². The zero-order valence-electron chi connectivity index (χ0n) is 17.7. The number of aliphatic hydroxyl groups excluding tert-OH is 6. The fourth-order valence-electron chi connectivity index (χ4n) is 4.31. The second kappa shape index (κ2) is 9.48. The van der Waals surface area contributed by atoms with Gasteiger partial charge in [-0.1, -0.05) is 18.2 Å². The van der Waals surface area contributed by atoms with Gasteiger partial charge in [0, 0.05) is 11.8 Å². The number of rotatable bonds is 6. The molecule has 0 spiro atoms. The SMILES string of the molecule is O=C(Nc1ccn([C@]2(C3O[C@H](CO)[C@@H](O)[C@H]3O)O[C@H](CO)[C@@H](O)[C@H]2O)c(=O)n1)c1ccccc1. The van der Waals surface area contributed by atoms with E-state index in [2.05, 4.69) is 10.3 Å². The Morgan fingerprint density at radius 3 is 2.24 bits per heavy atom. The first kappa shape index (κ1) is 24.4. The molecule has 1 unspecified atom stereocenters. The Hall–Kier alpha value is -2.75. The van der Waals surface area contributed by atoms with Gasteiger partial charge in [-0.3, -0.25) is 9.36 Å². The maximum atomic E-state index is 13.0. The highest BCUT2D eigenvalue weighted by molar-refractivity contribution is 6.03. The number of ether oxygens (including phenoxy) is 2. The normalized spacial score (nSPS) is 35.4. The molecular formula is C21H25N3O10. The number of carbonyl (C=O) groups excluding carboxylic acids is 1. The van der Waals surface area contributed by atoms with Gasteiger partial charge in [0.15, 0.2) is 0 Å². The van der Waals surface area contributed by atoms with E-state index in [1.54, 1.807) is 30.3 Å². The molecule has 2 aliphatic rings. The van der Waals surface area contributed by atoms with Crippen LogP contribution in [0.15, 0.2) is 47.4 Å². The Bertz CT molecular complexity index is 1080. The fourth-order valence-corrected chi connectivity index (χ4v) is 4.31. The van der Waals surface area contributed by atoms with Crippen LogP contribution in [0, 0.1) is 0 Å². The summed E-state index contributed by atoms with van der Waals surface area (Å²) in [5.41, 5.74) is -3.07. The number of amides is 1. The summed E-state index contributed by atoms with van der Waals surface area (Å²) in [7, 11) is 0. The monoisotopic (exact) mass is 479 g/mol. The van der Waals surface area contributed by atoms with E-state index >= 15 is 0 Å². The van der Waals surface area contributed by atoms with Crippen LogP contribution in [0.5, 0.6) is 0 Å². The molecule has 8 atom stereocenters. The zero-order valence-corrected chi connectivity index (χ0v) is 17.7. The maximum absolute atomic E-state index is 13.0. The standard InChI is InChI=1S/C21H25N3O10/c25-8-11-14(27)16(29)18(33-11)21(17(30)15(28)12(9-26)34-21)24-7-6-13(23-20(24)32)22-19(31)10-4-2-1-3-5-10/h1-7,11-12,14-18,25-30H,8-9H2,(H,22,23,31,32)/t11-,12-,14-,15-,16-,17-,18?,21+/m1/s1. The van der Waals surface area contributed by atoms with Crippen LogP contribution in [0.4, 0.5) is 5.82 Å². The number of hydrogen-bond donors (Lipinski definition) is 7. The van der Waals surface area contributed by atoms with Gasteiger partial charge in [0.2, 0.25) is 5.72 Å². The van der Waals surface area contributed by atoms with E-state index in [0.29, 0.717) is 5.56 Å². The molecular weight excluding hydrogens is 454 g/mol. The summed E-state index contributed by atoms with van der Waals surface area (Å²) in [5.74, 6) is -0.658. The molecule has 3 heterocycles. The summed E-state index contributed by atoms with van der Waals surface area (Å²) in [6.07, 6.45) is -10.2. The molecule has 2 saturated heterocycles. The molecule has 184 valence electrons. The van der Waals surface area contributed by atoms with E-state index in [4.69, 9.17) is 9.47 Å². The van der Waals surface area contributed by atoms with Gasteiger partial charge in [-0.15, -0.1) is 0 Å². The number of benzene rings is 1. The van der Waals surface area contributed by atoms with E-state index < -0.39 is 73.3 Å². The number of carbonyl (C=O) groups is 1. The van der Waals surface area contributed by atoms with Crippen LogP contribution in [-0.2, 0) is 15.2 Å². The van der Waals surface area contributed by atoms with E-state index in [1.807, 2.05) is 0 Å². The molecule has 4 rings (SSSR count). The zero-order chi connectivity index (χ0) is 24.6. The lowest BCUT2D eigenvalue weighted by molar-refractivity contribution is -0.234. The highest BCUT2D eigenvalue weighted by Crippen LogP contribution is 2.43. The molecule has 13 nitrogen and oxygen atoms in total. The summed E-state index contributed by atoms with van der Waals surface area (Å²) in [5, 5.41) is 63.6. The highest BCUT2D eigenvalue weighted by atomic mass is 16.6. The van der Waals surface area contributed by atoms with Crippen molar-refractivity contribution in [3.63, 3.8) is 0 Å². The average Bonchev–Trinajstić information content (AvgIpc) is 3.27. The Morgan fingerprint density at radius 2 is 1.68 bits per heavy atom. The summed E-state index contributed by atoms with van der Waals surface area (Å²) in [6, 6.07) is 9.40. The predicted molar refractivity (Wildman–Crippen MR) is 113 cm³/mol. The number of aromatic nitrogens is 2. The Morgan fingerprint density at radius 1 is 1.00 bits per heavy atom. The first-order valence-corrected chi connectivity index (χ1v) is 10.5. The number of nitrogens with zero attached hydrogens (tertiary/aromatic N) is 2. The van der Waals surface area contributed by atoms with Gasteiger partial charge in [0.25, 0.3) is 5.91 Å². The Labute approximate surface area is 192 Å². The van der Waals surface area contributed by atoms with Crippen LogP contribution in [0.3, 0.4) is 0 Å². The van der Waals surface area contributed by atoms with E-state index in [9.17, 15) is 40.2 Å². The third kappa shape index (κ3) is 3.91. The molecule has 1 aromatic heterocycles. The molecule has 0 bridgehead atoms. The molecule has 7 N–H and O–H groups in total. The van der Waals surface area contributed by atoms with Gasteiger partial charge in [0.05, 0.1) is 13.2 Å². The van der Waals surface area contributed by atoms with Gasteiger partial charge in [-0.25, -0.2) is 4.79 Å². The summed E-state index contributed by atoms with van der Waals surface area (Å²) in [6.45, 7) is -1.44. The number of hydrogen-bond acceptors (Lipinski definition) is 11. The van der Waals surface area contributed by atoms with E-state index in [1.165, 1.54) is 6.07 Å². The van der Waals surface area contributed by atoms with Crippen molar-refractivity contribution in [2.75, 3.05) is 18.5 Å². The minimum Gasteiger partial charge on any atom is -0.394 e. The van der Waals surface area contributed by atoms with Crippen LogP contribution in [0.25, 0.3) is 0 Å². The lowest BCUT2D eigenvalue weighted by Crippen LogP contribution is -2.61. The van der Waals surface area contributed by atoms with Crippen molar-refractivity contribution >= 4 is 11.7 Å². The largest absolute Gasteiger partial charge is 0.394 e. The predicted octanol–water partition coefficient (Wildman–Crippen LogP) is -3.26. The van der Waals surface area contributed by atoms with Crippen molar-refractivity contribution in [2.45, 2.75) is 48.5 Å². The quantitative estimate of drug-likeness (QED) is 0.219. The highest BCUT2D eigenvalue weighted by Gasteiger charge is 2.65. The van der Waals surface area contributed by atoms with Gasteiger partial charge >= 0.3 is 5.69 Å². The number of nitrogens with one attached hydrogen (secondary N) is 1. The van der Waals surface area contributed by atoms with Gasteiger partial charge in [-0.05, 0) is 18.2 Å². The molecule has 0 radical (unpaired) electrons. The number of aliphatic hydroxyl groups is 6.